The van der Waals surface area contributed by atoms with E-state index in [0.717, 1.165) is 19.4 Å². The van der Waals surface area contributed by atoms with Crippen LogP contribution in [0.4, 0.5) is 0 Å². The van der Waals surface area contributed by atoms with E-state index in [2.05, 4.69) is 31.7 Å². The molecule has 0 saturated carbocycles. The van der Waals surface area contributed by atoms with Gasteiger partial charge in [-0.3, -0.25) is 4.90 Å². The van der Waals surface area contributed by atoms with Crippen molar-refractivity contribution >= 4 is 0 Å². The van der Waals surface area contributed by atoms with Crippen molar-refractivity contribution in [2.45, 2.75) is 45.7 Å². The lowest BCUT2D eigenvalue weighted by Gasteiger charge is -2.31. The molecule has 0 fully saturated rings. The van der Waals surface area contributed by atoms with Gasteiger partial charge in [0.15, 0.2) is 0 Å². The third-order valence-corrected chi connectivity index (χ3v) is 2.65. The molecule has 0 bridgehead atoms. The fourth-order valence-electron chi connectivity index (χ4n) is 1.51. The summed E-state index contributed by atoms with van der Waals surface area (Å²) in [6.07, 6.45) is 1.95. The van der Waals surface area contributed by atoms with Gasteiger partial charge in [0.25, 0.3) is 0 Å². The summed E-state index contributed by atoms with van der Waals surface area (Å²) in [5, 5.41) is 9.01. The average Bonchev–Trinajstić information content (AvgIpc) is 2.23. The second-order valence-corrected chi connectivity index (χ2v) is 3.54. The highest BCUT2D eigenvalue weighted by atomic mass is 16.5. The van der Waals surface area contributed by atoms with E-state index in [1.165, 1.54) is 0 Å². The van der Waals surface area contributed by atoms with Crippen LogP contribution in [0.2, 0.25) is 0 Å². The van der Waals surface area contributed by atoms with Crippen LogP contribution in [0.3, 0.4) is 0 Å². The molecule has 3 heteroatoms. The molecule has 0 rings (SSSR count). The molecule has 0 aliphatic heterocycles. The molecule has 0 aromatic rings. The lowest BCUT2D eigenvalue weighted by atomic mass is 10.1. The third kappa shape index (κ3) is 4.08. The summed E-state index contributed by atoms with van der Waals surface area (Å²) < 4.78 is 5.06. The summed E-state index contributed by atoms with van der Waals surface area (Å²) in [5.74, 6) is 0. The first-order chi connectivity index (χ1) is 6.71. The van der Waals surface area contributed by atoms with E-state index < -0.39 is 0 Å². The second-order valence-electron chi connectivity index (χ2n) is 3.54. The number of rotatable bonds is 7. The first kappa shape index (κ1) is 13.4. The third-order valence-electron chi connectivity index (χ3n) is 2.65. The minimum atomic E-state index is 0.0279. The summed E-state index contributed by atoms with van der Waals surface area (Å²) >= 11 is 0. The van der Waals surface area contributed by atoms with Crippen LogP contribution in [0.15, 0.2) is 0 Å². The largest absolute Gasteiger partial charge is 0.383 e. The summed E-state index contributed by atoms with van der Waals surface area (Å²) in [6.45, 7) is 7.90. The van der Waals surface area contributed by atoms with Gasteiger partial charge in [0.05, 0.1) is 18.7 Å². The van der Waals surface area contributed by atoms with E-state index in [1.54, 1.807) is 7.11 Å². The Hall–Kier alpha value is -0.590. The maximum Gasteiger partial charge on any atom is 0.0978 e. The molecule has 0 aromatic carbocycles. The van der Waals surface area contributed by atoms with Gasteiger partial charge in [0.1, 0.15) is 0 Å². The molecular weight excluding hydrogens is 176 g/mol. The molecule has 0 aliphatic carbocycles. The number of hydrogen-bond donors (Lipinski definition) is 0. The molecule has 3 nitrogen and oxygen atoms in total. The van der Waals surface area contributed by atoms with Crippen molar-refractivity contribution in [1.82, 2.24) is 4.90 Å². The smallest absolute Gasteiger partial charge is 0.0978 e. The fourth-order valence-corrected chi connectivity index (χ4v) is 1.51. The molecule has 0 aromatic heterocycles. The highest BCUT2D eigenvalue weighted by Gasteiger charge is 2.20. The van der Waals surface area contributed by atoms with Crippen LogP contribution in [-0.4, -0.2) is 37.2 Å². The average molecular weight is 198 g/mol. The predicted octanol–water partition coefficient (Wildman–Crippen LogP) is 2.04. The number of nitriles is 1. The first-order valence-corrected chi connectivity index (χ1v) is 5.35. The van der Waals surface area contributed by atoms with Gasteiger partial charge in [-0.05, 0) is 19.8 Å². The second kappa shape index (κ2) is 7.78. The summed E-state index contributed by atoms with van der Waals surface area (Å²) in [7, 11) is 1.70. The SMILES string of the molecule is CCC(C)N(CCOC)C(C#N)CC. The van der Waals surface area contributed by atoms with Crippen LogP contribution in [0, 0.1) is 11.3 Å². The van der Waals surface area contributed by atoms with Gasteiger partial charge >= 0.3 is 0 Å². The van der Waals surface area contributed by atoms with E-state index in [4.69, 9.17) is 10.00 Å². The zero-order chi connectivity index (χ0) is 11.0. The van der Waals surface area contributed by atoms with Gasteiger partial charge in [-0.2, -0.15) is 5.26 Å². The molecule has 0 radical (unpaired) electrons. The van der Waals surface area contributed by atoms with E-state index in [-0.39, 0.29) is 6.04 Å². The number of hydrogen-bond acceptors (Lipinski definition) is 3. The predicted molar refractivity (Wildman–Crippen MR) is 58.0 cm³/mol. The van der Waals surface area contributed by atoms with Crippen LogP contribution in [0.1, 0.15) is 33.6 Å². The monoisotopic (exact) mass is 198 g/mol. The van der Waals surface area contributed by atoms with Crippen LogP contribution in [-0.2, 0) is 4.74 Å². The minimum absolute atomic E-state index is 0.0279. The number of nitrogens with zero attached hydrogens (tertiary/aromatic N) is 2. The van der Waals surface area contributed by atoms with Crippen molar-refractivity contribution in [2.75, 3.05) is 20.3 Å². The van der Waals surface area contributed by atoms with Crippen LogP contribution >= 0.6 is 0 Å². The first-order valence-electron chi connectivity index (χ1n) is 5.35. The van der Waals surface area contributed by atoms with Crippen molar-refractivity contribution in [3.05, 3.63) is 0 Å². The van der Waals surface area contributed by atoms with E-state index in [1.807, 2.05) is 0 Å². The van der Waals surface area contributed by atoms with Gasteiger partial charge in [-0.15, -0.1) is 0 Å². The number of methoxy groups -OCH3 is 1. The molecule has 0 aliphatic rings. The summed E-state index contributed by atoms with van der Waals surface area (Å²) in [6, 6.07) is 2.83. The molecule has 0 N–H and O–H groups in total. The van der Waals surface area contributed by atoms with Crippen molar-refractivity contribution in [2.24, 2.45) is 0 Å². The maximum absolute atomic E-state index is 9.01. The van der Waals surface area contributed by atoms with Gasteiger partial charge < -0.3 is 4.74 Å². The normalized spacial score (nSPS) is 15.1. The van der Waals surface area contributed by atoms with Gasteiger partial charge in [-0.1, -0.05) is 13.8 Å². The van der Waals surface area contributed by atoms with Gasteiger partial charge in [-0.25, -0.2) is 0 Å². The standard InChI is InChI=1S/C11H22N2O/c1-5-10(3)13(7-8-14-4)11(6-2)9-12/h10-11H,5-8H2,1-4H3. The Kier molecular flexibility index (Phi) is 7.45. The van der Waals surface area contributed by atoms with Crippen LogP contribution < -0.4 is 0 Å². The van der Waals surface area contributed by atoms with Crippen molar-refractivity contribution in [1.29, 1.82) is 5.26 Å². The summed E-state index contributed by atoms with van der Waals surface area (Å²) in [4.78, 5) is 2.23. The minimum Gasteiger partial charge on any atom is -0.383 e. The van der Waals surface area contributed by atoms with Gasteiger partial charge in [0.2, 0.25) is 0 Å². The molecule has 0 spiro atoms. The zero-order valence-corrected chi connectivity index (χ0v) is 9.79. The maximum atomic E-state index is 9.01. The van der Waals surface area contributed by atoms with E-state index in [0.29, 0.717) is 12.6 Å². The Morgan fingerprint density at radius 1 is 1.36 bits per heavy atom. The molecule has 0 saturated heterocycles. The molecular formula is C11H22N2O. The topological polar surface area (TPSA) is 36.3 Å². The zero-order valence-electron chi connectivity index (χ0n) is 9.79. The number of ether oxygens (including phenoxy) is 1. The molecule has 14 heavy (non-hydrogen) atoms. The Morgan fingerprint density at radius 2 is 2.00 bits per heavy atom. The van der Waals surface area contributed by atoms with E-state index in [9.17, 15) is 0 Å². The Labute approximate surface area is 87.7 Å². The van der Waals surface area contributed by atoms with Crippen molar-refractivity contribution in [3.8, 4) is 6.07 Å². The Morgan fingerprint density at radius 3 is 2.36 bits per heavy atom. The molecule has 82 valence electrons. The van der Waals surface area contributed by atoms with E-state index >= 15 is 0 Å². The van der Waals surface area contributed by atoms with Crippen LogP contribution in [0.5, 0.6) is 0 Å². The quantitative estimate of drug-likeness (QED) is 0.628. The van der Waals surface area contributed by atoms with Crippen molar-refractivity contribution in [3.63, 3.8) is 0 Å². The molecule has 0 heterocycles. The molecule has 2 unspecified atom stereocenters. The highest BCUT2D eigenvalue weighted by Crippen LogP contribution is 2.10. The molecule has 2 atom stereocenters. The Bertz CT molecular complexity index is 177. The molecule has 0 amide bonds. The summed E-state index contributed by atoms with van der Waals surface area (Å²) in [5.41, 5.74) is 0. The van der Waals surface area contributed by atoms with Gasteiger partial charge in [0, 0.05) is 19.7 Å². The highest BCUT2D eigenvalue weighted by molar-refractivity contribution is 4.92. The Balaban J connectivity index is 4.29. The van der Waals surface area contributed by atoms with Crippen molar-refractivity contribution < 1.29 is 4.74 Å². The van der Waals surface area contributed by atoms with Crippen LogP contribution in [0.25, 0.3) is 0 Å². The fraction of sp³-hybridized carbons (Fsp3) is 0.909. The lowest BCUT2D eigenvalue weighted by Crippen LogP contribution is -2.42. The lowest BCUT2D eigenvalue weighted by molar-refractivity contribution is 0.104.